The number of aromatic nitrogens is 2. The van der Waals surface area contributed by atoms with Gasteiger partial charge in [0.1, 0.15) is 5.82 Å². The van der Waals surface area contributed by atoms with Crippen LogP contribution in [0.5, 0.6) is 0 Å². The maximum atomic E-state index is 4.80. The van der Waals surface area contributed by atoms with Gasteiger partial charge in [-0.3, -0.25) is 0 Å². The molecule has 1 fully saturated rings. The minimum Gasteiger partial charge on any atom is -0.311 e. The molecule has 1 N–H and O–H groups in total. The summed E-state index contributed by atoms with van der Waals surface area (Å²) in [6.45, 7) is 6.65. The fraction of sp³-hybridized carbons (Fsp3) is 0.769. The van der Waals surface area contributed by atoms with Crippen LogP contribution in [0, 0.1) is 0 Å². The topological polar surface area (TPSA) is 33.1 Å². The minimum absolute atomic E-state index is 0.948. The summed E-state index contributed by atoms with van der Waals surface area (Å²) in [4.78, 5) is 4.80. The lowest BCUT2D eigenvalue weighted by molar-refractivity contribution is 0.454. The first-order valence-corrected chi connectivity index (χ1v) is 6.95. The maximum Gasteiger partial charge on any atom is 0.127 e. The molecular formula is C13H22N4. The highest BCUT2D eigenvalue weighted by molar-refractivity contribution is 5.23. The zero-order valence-electron chi connectivity index (χ0n) is 10.7. The van der Waals surface area contributed by atoms with Gasteiger partial charge in [-0.25, -0.2) is 9.66 Å². The van der Waals surface area contributed by atoms with Crippen LogP contribution >= 0.6 is 0 Å². The number of hydrogen-bond donors (Lipinski definition) is 1. The fourth-order valence-corrected chi connectivity index (χ4v) is 2.99. The summed E-state index contributed by atoms with van der Waals surface area (Å²) in [6.07, 6.45) is 6.20. The maximum absolute atomic E-state index is 4.80. The van der Waals surface area contributed by atoms with Gasteiger partial charge in [0.2, 0.25) is 0 Å². The van der Waals surface area contributed by atoms with E-state index in [0.717, 1.165) is 25.9 Å². The Morgan fingerprint density at radius 1 is 1.24 bits per heavy atom. The first kappa shape index (κ1) is 11.1. The molecule has 0 aliphatic carbocycles. The van der Waals surface area contributed by atoms with Gasteiger partial charge in [-0.15, -0.1) is 0 Å². The minimum atomic E-state index is 0.948. The molecule has 0 atom stereocenters. The van der Waals surface area contributed by atoms with E-state index in [1.165, 1.54) is 49.6 Å². The van der Waals surface area contributed by atoms with Crippen molar-refractivity contribution >= 4 is 0 Å². The molecule has 0 spiro atoms. The van der Waals surface area contributed by atoms with E-state index >= 15 is 0 Å². The van der Waals surface area contributed by atoms with Gasteiger partial charge >= 0.3 is 0 Å². The van der Waals surface area contributed by atoms with Crippen molar-refractivity contribution in [2.75, 3.05) is 24.6 Å². The molecule has 3 heterocycles. The van der Waals surface area contributed by atoms with Gasteiger partial charge in [-0.1, -0.05) is 6.92 Å². The summed E-state index contributed by atoms with van der Waals surface area (Å²) >= 11 is 0. The number of hydrogen-bond acceptors (Lipinski definition) is 3. The van der Waals surface area contributed by atoms with Crippen LogP contribution in [0.1, 0.15) is 43.4 Å². The third-order valence-corrected chi connectivity index (χ3v) is 3.86. The van der Waals surface area contributed by atoms with Gasteiger partial charge in [0.25, 0.3) is 0 Å². The largest absolute Gasteiger partial charge is 0.311 e. The lowest BCUT2D eigenvalue weighted by Gasteiger charge is -2.33. The van der Waals surface area contributed by atoms with Crippen LogP contribution < -0.4 is 10.3 Å². The van der Waals surface area contributed by atoms with E-state index in [0.29, 0.717) is 0 Å². The molecular weight excluding hydrogens is 212 g/mol. The van der Waals surface area contributed by atoms with E-state index in [9.17, 15) is 0 Å². The van der Waals surface area contributed by atoms with Crippen LogP contribution in [0.25, 0.3) is 0 Å². The highest BCUT2D eigenvalue weighted by Crippen LogP contribution is 2.19. The predicted octanol–water partition coefficient (Wildman–Crippen LogP) is 1.21. The van der Waals surface area contributed by atoms with Crippen molar-refractivity contribution in [3.63, 3.8) is 0 Å². The number of imidazole rings is 1. The molecule has 0 saturated carbocycles. The predicted molar refractivity (Wildman–Crippen MR) is 68.8 cm³/mol. The smallest absolute Gasteiger partial charge is 0.127 e. The average Bonchev–Trinajstić information content (AvgIpc) is 2.78. The molecule has 1 aromatic rings. The van der Waals surface area contributed by atoms with Gasteiger partial charge in [0, 0.05) is 39.0 Å². The number of aryl methyl sites for hydroxylation is 1. The van der Waals surface area contributed by atoms with E-state index in [4.69, 9.17) is 4.98 Å². The Morgan fingerprint density at radius 3 is 2.82 bits per heavy atom. The second-order valence-electron chi connectivity index (χ2n) is 5.03. The van der Waals surface area contributed by atoms with Crippen molar-refractivity contribution in [2.24, 2.45) is 0 Å². The Labute approximate surface area is 103 Å². The number of piperidine rings is 1. The van der Waals surface area contributed by atoms with E-state index < -0.39 is 0 Å². The first-order chi connectivity index (χ1) is 8.40. The molecule has 0 unspecified atom stereocenters. The number of nitrogens with zero attached hydrogens (tertiary/aromatic N) is 3. The summed E-state index contributed by atoms with van der Waals surface area (Å²) in [5, 5.41) is 5.93. The zero-order chi connectivity index (χ0) is 11.7. The van der Waals surface area contributed by atoms with Crippen LogP contribution in [-0.2, 0) is 19.4 Å². The molecule has 4 nitrogen and oxygen atoms in total. The van der Waals surface area contributed by atoms with E-state index in [1.807, 2.05) is 0 Å². The number of nitrogens with one attached hydrogen (secondary N) is 1. The Morgan fingerprint density at radius 2 is 2.06 bits per heavy atom. The summed E-state index contributed by atoms with van der Waals surface area (Å²) < 4.78 is 2.44. The van der Waals surface area contributed by atoms with Gasteiger partial charge in [0.15, 0.2) is 0 Å². The second kappa shape index (κ2) is 4.69. The molecule has 0 radical (unpaired) electrons. The lowest BCUT2D eigenvalue weighted by atomic mass is 10.1. The van der Waals surface area contributed by atoms with Gasteiger partial charge < -0.3 is 10.3 Å². The second-order valence-corrected chi connectivity index (χ2v) is 5.03. The molecule has 0 amide bonds. The van der Waals surface area contributed by atoms with Crippen molar-refractivity contribution in [1.29, 1.82) is 0 Å². The molecule has 3 rings (SSSR count). The molecule has 17 heavy (non-hydrogen) atoms. The van der Waals surface area contributed by atoms with Crippen molar-refractivity contribution in [3.8, 4) is 0 Å². The lowest BCUT2D eigenvalue weighted by Crippen LogP contribution is -2.42. The molecule has 2 aliphatic heterocycles. The fourth-order valence-electron chi connectivity index (χ4n) is 2.99. The summed E-state index contributed by atoms with van der Waals surface area (Å²) in [5.41, 5.74) is 2.74. The first-order valence-electron chi connectivity index (χ1n) is 6.95. The molecule has 4 heteroatoms. The summed E-state index contributed by atoms with van der Waals surface area (Å²) in [7, 11) is 0. The third-order valence-electron chi connectivity index (χ3n) is 3.86. The number of rotatable bonds is 2. The monoisotopic (exact) mass is 234 g/mol. The van der Waals surface area contributed by atoms with E-state index in [2.05, 4.69) is 21.9 Å². The highest BCUT2D eigenvalue weighted by Gasteiger charge is 2.23. The van der Waals surface area contributed by atoms with Crippen molar-refractivity contribution in [2.45, 2.75) is 45.6 Å². The molecule has 2 aliphatic rings. The van der Waals surface area contributed by atoms with E-state index in [-0.39, 0.29) is 0 Å². The van der Waals surface area contributed by atoms with E-state index in [1.54, 1.807) is 0 Å². The Bertz CT molecular complexity index is 390. The summed E-state index contributed by atoms with van der Waals surface area (Å²) in [6, 6.07) is 0. The molecule has 0 aromatic carbocycles. The quantitative estimate of drug-likeness (QED) is 0.835. The molecule has 94 valence electrons. The molecule has 0 bridgehead atoms. The normalized spacial score (nSPS) is 20.4. The van der Waals surface area contributed by atoms with Gasteiger partial charge in [0.05, 0.1) is 11.4 Å². The third kappa shape index (κ3) is 1.95. The van der Waals surface area contributed by atoms with Crippen LogP contribution in [-0.4, -0.2) is 29.3 Å². The Balaban J connectivity index is 1.97. The van der Waals surface area contributed by atoms with Crippen LogP contribution in [0.2, 0.25) is 0 Å². The van der Waals surface area contributed by atoms with Crippen molar-refractivity contribution in [1.82, 2.24) is 15.0 Å². The Hall–Kier alpha value is -1.03. The molecule has 1 saturated heterocycles. The number of fused-ring (bicyclic) bond motifs is 1. The van der Waals surface area contributed by atoms with Crippen LogP contribution in [0.4, 0.5) is 0 Å². The van der Waals surface area contributed by atoms with Gasteiger partial charge in [-0.05, 0) is 19.3 Å². The van der Waals surface area contributed by atoms with Crippen LogP contribution in [0.15, 0.2) is 0 Å². The van der Waals surface area contributed by atoms with Crippen molar-refractivity contribution < 1.29 is 0 Å². The summed E-state index contributed by atoms with van der Waals surface area (Å²) in [5.74, 6) is 1.25. The highest BCUT2D eigenvalue weighted by atomic mass is 15.6. The zero-order valence-corrected chi connectivity index (χ0v) is 10.7. The Kier molecular flexibility index (Phi) is 3.05. The van der Waals surface area contributed by atoms with Gasteiger partial charge in [-0.2, -0.15) is 0 Å². The van der Waals surface area contributed by atoms with Crippen molar-refractivity contribution in [3.05, 3.63) is 17.2 Å². The van der Waals surface area contributed by atoms with Crippen LogP contribution in [0.3, 0.4) is 0 Å². The SMILES string of the molecule is CCc1nc2c(n1N1CCCCC1)CCNC2. The average molecular weight is 234 g/mol. The molecule has 1 aromatic heterocycles. The standard InChI is InChI=1S/C13H22N4/c1-2-13-15-11-10-14-7-6-12(11)17(13)16-8-4-3-5-9-16/h14H,2-10H2,1H3.